The van der Waals surface area contributed by atoms with E-state index in [4.69, 9.17) is 5.11 Å². The molecule has 0 aromatic heterocycles. The lowest BCUT2D eigenvalue weighted by molar-refractivity contribution is -0.136. The van der Waals surface area contributed by atoms with Crippen molar-refractivity contribution in [2.75, 3.05) is 0 Å². The first-order chi connectivity index (χ1) is 9.82. The summed E-state index contributed by atoms with van der Waals surface area (Å²) in [5.41, 5.74) is -0.958. The molecule has 0 amide bonds. The van der Waals surface area contributed by atoms with Crippen molar-refractivity contribution in [3.05, 3.63) is 58.9 Å². The molecule has 0 aliphatic carbocycles. The predicted octanol–water partition coefficient (Wildman–Crippen LogP) is 3.68. The Labute approximate surface area is 115 Å². The van der Waals surface area contributed by atoms with Crippen molar-refractivity contribution >= 4 is 5.97 Å². The van der Waals surface area contributed by atoms with Gasteiger partial charge in [-0.25, -0.2) is 22.0 Å². The molecule has 2 rings (SSSR count). The molecule has 0 fully saturated rings. The summed E-state index contributed by atoms with van der Waals surface area (Å²) < 4.78 is 66.3. The minimum absolute atomic E-state index is 0.239. The maximum Gasteiger partial charge on any atom is 0.307 e. The van der Waals surface area contributed by atoms with Crippen LogP contribution in [-0.4, -0.2) is 11.1 Å². The average Bonchev–Trinajstić information content (AvgIpc) is 2.44. The van der Waals surface area contributed by atoms with Crippen LogP contribution in [0.4, 0.5) is 22.0 Å². The summed E-state index contributed by atoms with van der Waals surface area (Å²) in [5, 5.41) is 8.58. The molecular formula is C14H7F5O2. The van der Waals surface area contributed by atoms with Crippen molar-refractivity contribution in [2.45, 2.75) is 6.42 Å². The monoisotopic (exact) mass is 302 g/mol. The Bertz CT molecular complexity index is 681. The zero-order chi connectivity index (χ0) is 15.7. The van der Waals surface area contributed by atoms with Gasteiger partial charge in [0.1, 0.15) is 0 Å². The predicted molar refractivity (Wildman–Crippen MR) is 63.0 cm³/mol. The van der Waals surface area contributed by atoms with E-state index in [-0.39, 0.29) is 12.0 Å². The number of hydrogen-bond acceptors (Lipinski definition) is 1. The van der Waals surface area contributed by atoms with E-state index in [1.165, 1.54) is 12.1 Å². The molecule has 21 heavy (non-hydrogen) atoms. The lowest BCUT2D eigenvalue weighted by Gasteiger charge is -2.09. The molecule has 1 N–H and O–H groups in total. The Hall–Kier alpha value is -2.44. The first-order valence-electron chi connectivity index (χ1n) is 5.65. The number of aliphatic carboxylic acids is 1. The molecule has 2 nitrogen and oxygen atoms in total. The molecule has 7 heteroatoms. The summed E-state index contributed by atoms with van der Waals surface area (Å²) in [6, 6.07) is 4.66. The quantitative estimate of drug-likeness (QED) is 0.533. The van der Waals surface area contributed by atoms with Crippen LogP contribution in [0.2, 0.25) is 0 Å². The molecular weight excluding hydrogens is 295 g/mol. The number of benzene rings is 2. The molecule has 0 bridgehead atoms. The number of carboxylic acids is 1. The highest BCUT2D eigenvalue weighted by atomic mass is 19.2. The minimum atomic E-state index is -2.23. The lowest BCUT2D eigenvalue weighted by atomic mass is 10.0. The van der Waals surface area contributed by atoms with Crippen LogP contribution in [0.5, 0.6) is 0 Å². The fraction of sp³-hybridized carbons (Fsp3) is 0.0714. The SMILES string of the molecule is O=C(O)Cc1ccc(-c2c(F)c(F)c(F)c(F)c2F)cc1. The number of carbonyl (C=O) groups is 1. The zero-order valence-electron chi connectivity index (χ0n) is 10.3. The Kier molecular flexibility index (Phi) is 3.93. The van der Waals surface area contributed by atoms with Crippen LogP contribution < -0.4 is 0 Å². The maximum atomic E-state index is 13.6. The molecule has 0 saturated carbocycles. The van der Waals surface area contributed by atoms with Gasteiger partial charge in [0, 0.05) is 0 Å². The van der Waals surface area contributed by atoms with Crippen molar-refractivity contribution in [3.8, 4) is 11.1 Å². The number of hydrogen-bond donors (Lipinski definition) is 1. The molecule has 0 radical (unpaired) electrons. The smallest absolute Gasteiger partial charge is 0.307 e. The van der Waals surface area contributed by atoms with Gasteiger partial charge in [-0.15, -0.1) is 0 Å². The van der Waals surface area contributed by atoms with E-state index >= 15 is 0 Å². The number of halogens is 5. The third kappa shape index (κ3) is 2.72. The molecule has 0 heterocycles. The van der Waals surface area contributed by atoms with Crippen LogP contribution in [0.3, 0.4) is 0 Å². The second kappa shape index (κ2) is 5.51. The van der Waals surface area contributed by atoms with E-state index in [1.807, 2.05) is 0 Å². The lowest BCUT2D eigenvalue weighted by Crippen LogP contribution is -2.04. The van der Waals surface area contributed by atoms with E-state index in [2.05, 4.69) is 0 Å². The molecule has 2 aromatic carbocycles. The van der Waals surface area contributed by atoms with Gasteiger partial charge in [0.05, 0.1) is 12.0 Å². The summed E-state index contributed by atoms with van der Waals surface area (Å²) in [5.74, 6) is -11.3. The fourth-order valence-corrected chi connectivity index (χ4v) is 1.82. The van der Waals surface area contributed by atoms with Gasteiger partial charge in [0.25, 0.3) is 0 Å². The van der Waals surface area contributed by atoms with Gasteiger partial charge >= 0.3 is 5.97 Å². The van der Waals surface area contributed by atoms with Crippen molar-refractivity contribution < 1.29 is 31.9 Å². The number of rotatable bonds is 3. The van der Waals surface area contributed by atoms with E-state index in [0.717, 1.165) is 12.1 Å². The zero-order valence-corrected chi connectivity index (χ0v) is 10.3. The van der Waals surface area contributed by atoms with Gasteiger partial charge in [-0.1, -0.05) is 24.3 Å². The normalized spacial score (nSPS) is 10.7. The first kappa shape index (κ1) is 15.0. The molecule has 0 aliphatic heterocycles. The topological polar surface area (TPSA) is 37.3 Å². The molecule has 110 valence electrons. The van der Waals surface area contributed by atoms with Crippen LogP contribution >= 0.6 is 0 Å². The van der Waals surface area contributed by atoms with Crippen LogP contribution in [-0.2, 0) is 11.2 Å². The largest absolute Gasteiger partial charge is 0.481 e. The second-order valence-corrected chi connectivity index (χ2v) is 4.21. The molecule has 0 unspecified atom stereocenters. The Morgan fingerprint density at radius 2 is 1.24 bits per heavy atom. The van der Waals surface area contributed by atoms with Crippen LogP contribution in [0.15, 0.2) is 24.3 Å². The highest BCUT2D eigenvalue weighted by Crippen LogP contribution is 2.31. The van der Waals surface area contributed by atoms with Crippen molar-refractivity contribution in [2.24, 2.45) is 0 Å². The minimum Gasteiger partial charge on any atom is -0.481 e. The van der Waals surface area contributed by atoms with E-state index < -0.39 is 40.6 Å². The van der Waals surface area contributed by atoms with Crippen molar-refractivity contribution in [1.82, 2.24) is 0 Å². The summed E-state index contributed by atoms with van der Waals surface area (Å²) in [6.07, 6.45) is -0.322. The Morgan fingerprint density at radius 1 is 0.810 bits per heavy atom. The van der Waals surface area contributed by atoms with Gasteiger partial charge in [-0.05, 0) is 11.1 Å². The van der Waals surface area contributed by atoms with Crippen LogP contribution in [0, 0.1) is 29.1 Å². The summed E-state index contributed by atoms with van der Waals surface area (Å²) in [7, 11) is 0. The Morgan fingerprint density at radius 3 is 1.67 bits per heavy atom. The Balaban J connectivity index is 2.54. The van der Waals surface area contributed by atoms with Gasteiger partial charge in [-0.3, -0.25) is 4.79 Å². The second-order valence-electron chi connectivity index (χ2n) is 4.21. The third-order valence-electron chi connectivity index (χ3n) is 2.81. The van der Waals surface area contributed by atoms with Crippen molar-refractivity contribution in [3.63, 3.8) is 0 Å². The van der Waals surface area contributed by atoms with Gasteiger partial charge in [0.2, 0.25) is 5.82 Å². The van der Waals surface area contributed by atoms with E-state index in [1.54, 1.807) is 0 Å². The maximum absolute atomic E-state index is 13.6. The highest BCUT2D eigenvalue weighted by molar-refractivity contribution is 5.71. The first-order valence-corrected chi connectivity index (χ1v) is 5.65. The molecule has 0 saturated heterocycles. The van der Waals surface area contributed by atoms with E-state index in [9.17, 15) is 26.7 Å². The van der Waals surface area contributed by atoms with Gasteiger partial charge in [-0.2, -0.15) is 0 Å². The standard InChI is InChI=1S/C14H7F5O2/c15-10-9(11(16)13(18)14(19)12(10)17)7-3-1-6(2-4-7)5-8(20)21/h1-4H,5H2,(H,20,21). The molecule has 0 spiro atoms. The summed E-state index contributed by atoms with van der Waals surface area (Å²) in [4.78, 5) is 10.5. The van der Waals surface area contributed by atoms with Crippen LogP contribution in [0.1, 0.15) is 5.56 Å². The summed E-state index contributed by atoms with van der Waals surface area (Å²) >= 11 is 0. The van der Waals surface area contributed by atoms with Gasteiger partial charge in [0.15, 0.2) is 23.3 Å². The highest BCUT2D eigenvalue weighted by Gasteiger charge is 2.26. The average molecular weight is 302 g/mol. The van der Waals surface area contributed by atoms with E-state index in [0.29, 0.717) is 5.56 Å². The molecule has 0 atom stereocenters. The van der Waals surface area contributed by atoms with Crippen molar-refractivity contribution in [1.29, 1.82) is 0 Å². The molecule has 0 aliphatic rings. The van der Waals surface area contributed by atoms with Crippen LogP contribution in [0.25, 0.3) is 11.1 Å². The third-order valence-corrected chi connectivity index (χ3v) is 2.81. The fourth-order valence-electron chi connectivity index (χ4n) is 1.82. The molecule has 2 aromatic rings. The number of carboxylic acid groups (broad SMARTS) is 1. The van der Waals surface area contributed by atoms with Gasteiger partial charge < -0.3 is 5.11 Å². The summed E-state index contributed by atoms with van der Waals surface area (Å²) in [6.45, 7) is 0.